The molecule has 0 aliphatic carbocycles. The zero-order valence-corrected chi connectivity index (χ0v) is 12.2. The van der Waals surface area contributed by atoms with Crippen LogP contribution in [-0.2, 0) is 16.4 Å². The first kappa shape index (κ1) is 15.3. The molecule has 0 saturated heterocycles. The first-order valence-corrected chi connectivity index (χ1v) is 8.33. The summed E-state index contributed by atoms with van der Waals surface area (Å²) in [6, 6.07) is 0. The second kappa shape index (κ2) is 7.01. The molecule has 0 fully saturated rings. The van der Waals surface area contributed by atoms with Gasteiger partial charge in [0.1, 0.15) is 5.01 Å². The average molecular weight is 293 g/mol. The minimum Gasteiger partial charge on any atom is -0.396 e. The molecule has 0 aliphatic heterocycles. The highest BCUT2D eigenvalue weighted by atomic mass is 32.2. The molecule has 0 bridgehead atoms. The van der Waals surface area contributed by atoms with Crippen LogP contribution in [0.25, 0.3) is 0 Å². The van der Waals surface area contributed by atoms with Crippen molar-refractivity contribution in [3.05, 3.63) is 5.01 Å². The Morgan fingerprint density at radius 2 is 2.06 bits per heavy atom. The Hall–Kier alpha value is -0.730. The smallest absolute Gasteiger partial charge is 0.234 e. The van der Waals surface area contributed by atoms with Crippen molar-refractivity contribution in [2.45, 2.75) is 33.1 Å². The van der Waals surface area contributed by atoms with Gasteiger partial charge in [0.2, 0.25) is 15.2 Å². The van der Waals surface area contributed by atoms with Crippen LogP contribution >= 0.6 is 11.3 Å². The number of aliphatic hydroxyl groups excluding tert-OH is 1. The van der Waals surface area contributed by atoms with Crippen LogP contribution in [0.15, 0.2) is 0 Å². The molecule has 0 amide bonds. The summed E-state index contributed by atoms with van der Waals surface area (Å²) < 4.78 is 25.7. The molecule has 0 spiro atoms. The fraction of sp³-hybridized carbons (Fsp3) is 0.800. The molecule has 104 valence electrons. The number of rotatable bonds is 8. The molecule has 0 unspecified atom stereocenters. The fourth-order valence-corrected chi connectivity index (χ4v) is 3.66. The van der Waals surface area contributed by atoms with Crippen LogP contribution < -0.4 is 4.72 Å². The number of anilines is 1. The Labute approximate surface area is 112 Å². The third-order valence-electron chi connectivity index (χ3n) is 2.11. The summed E-state index contributed by atoms with van der Waals surface area (Å²) in [5.41, 5.74) is 0. The number of aliphatic hydroxyl groups is 1. The molecule has 1 heterocycles. The minimum absolute atomic E-state index is 0.00681. The molecule has 6 nitrogen and oxygen atoms in total. The predicted octanol–water partition coefficient (Wildman–Crippen LogP) is 1.25. The lowest BCUT2D eigenvalue weighted by atomic mass is 10.1. The lowest BCUT2D eigenvalue weighted by Crippen LogP contribution is -2.16. The van der Waals surface area contributed by atoms with E-state index >= 15 is 0 Å². The van der Waals surface area contributed by atoms with Crippen molar-refractivity contribution < 1.29 is 13.5 Å². The molecule has 0 atom stereocenters. The molecule has 1 aromatic heterocycles. The van der Waals surface area contributed by atoms with E-state index in [2.05, 4.69) is 28.8 Å². The first-order chi connectivity index (χ1) is 8.43. The van der Waals surface area contributed by atoms with E-state index in [4.69, 9.17) is 5.11 Å². The third-order valence-corrected chi connectivity index (χ3v) is 4.43. The van der Waals surface area contributed by atoms with Crippen molar-refractivity contribution in [3.63, 3.8) is 0 Å². The molecule has 1 aromatic rings. The molecule has 1 rings (SSSR count). The molecule has 0 aliphatic rings. The van der Waals surface area contributed by atoms with Gasteiger partial charge < -0.3 is 5.11 Å². The van der Waals surface area contributed by atoms with Gasteiger partial charge >= 0.3 is 0 Å². The first-order valence-electron chi connectivity index (χ1n) is 5.86. The lowest BCUT2D eigenvalue weighted by molar-refractivity contribution is 0.287. The van der Waals surface area contributed by atoms with E-state index in [1.165, 1.54) is 11.3 Å². The van der Waals surface area contributed by atoms with E-state index in [0.717, 1.165) is 11.4 Å². The lowest BCUT2D eigenvalue weighted by Gasteiger charge is -2.03. The van der Waals surface area contributed by atoms with Crippen molar-refractivity contribution in [2.24, 2.45) is 5.92 Å². The summed E-state index contributed by atoms with van der Waals surface area (Å²) in [7, 11) is -3.38. The van der Waals surface area contributed by atoms with Crippen molar-refractivity contribution in [1.29, 1.82) is 0 Å². The maximum Gasteiger partial charge on any atom is 0.234 e. The van der Waals surface area contributed by atoms with Crippen molar-refractivity contribution in [3.8, 4) is 0 Å². The second-order valence-electron chi connectivity index (χ2n) is 4.45. The quantitative estimate of drug-likeness (QED) is 0.704. The fourth-order valence-electron chi connectivity index (χ4n) is 1.31. The van der Waals surface area contributed by atoms with Gasteiger partial charge in [-0.1, -0.05) is 25.2 Å². The van der Waals surface area contributed by atoms with Crippen molar-refractivity contribution >= 4 is 26.5 Å². The van der Waals surface area contributed by atoms with Gasteiger partial charge in [-0.15, -0.1) is 10.2 Å². The number of sulfonamides is 1. The summed E-state index contributed by atoms with van der Waals surface area (Å²) in [5.74, 6) is 0.457. The Morgan fingerprint density at radius 1 is 1.33 bits per heavy atom. The molecular weight excluding hydrogens is 274 g/mol. The Balaban J connectivity index is 2.53. The molecule has 0 radical (unpaired) electrons. The van der Waals surface area contributed by atoms with Gasteiger partial charge in [0.15, 0.2) is 0 Å². The largest absolute Gasteiger partial charge is 0.396 e. The molecule has 18 heavy (non-hydrogen) atoms. The SMILES string of the molecule is CC(C)Cc1nnc(NS(=O)(=O)CCCCO)s1. The molecular formula is C10H19N3O3S2. The van der Waals surface area contributed by atoms with Crippen molar-refractivity contribution in [2.75, 3.05) is 17.1 Å². The zero-order valence-electron chi connectivity index (χ0n) is 10.6. The summed E-state index contributed by atoms with van der Waals surface area (Å²) in [6.07, 6.45) is 1.71. The van der Waals surface area contributed by atoms with E-state index in [1.807, 2.05) is 0 Å². The van der Waals surface area contributed by atoms with E-state index in [9.17, 15) is 8.42 Å². The Kier molecular flexibility index (Phi) is 5.97. The number of unbranched alkanes of at least 4 members (excludes halogenated alkanes) is 1. The van der Waals surface area contributed by atoms with Crippen LogP contribution in [0.1, 0.15) is 31.7 Å². The highest BCUT2D eigenvalue weighted by molar-refractivity contribution is 7.92. The highest BCUT2D eigenvalue weighted by Gasteiger charge is 2.13. The van der Waals surface area contributed by atoms with Gasteiger partial charge in [-0.25, -0.2) is 8.42 Å². The van der Waals surface area contributed by atoms with Crippen LogP contribution in [0.5, 0.6) is 0 Å². The minimum atomic E-state index is -3.38. The average Bonchev–Trinajstić information content (AvgIpc) is 2.63. The van der Waals surface area contributed by atoms with E-state index < -0.39 is 10.0 Å². The number of nitrogens with zero attached hydrogens (tertiary/aromatic N) is 2. The van der Waals surface area contributed by atoms with Crippen LogP contribution in [0, 0.1) is 5.92 Å². The summed E-state index contributed by atoms with van der Waals surface area (Å²) >= 11 is 1.27. The van der Waals surface area contributed by atoms with E-state index in [0.29, 0.717) is 23.9 Å². The number of nitrogens with one attached hydrogen (secondary N) is 1. The molecule has 0 aromatic carbocycles. The van der Waals surface area contributed by atoms with E-state index in [1.54, 1.807) is 0 Å². The van der Waals surface area contributed by atoms with Crippen molar-refractivity contribution in [1.82, 2.24) is 10.2 Å². The standard InChI is InChI=1S/C10H19N3O3S2/c1-8(2)7-9-11-12-10(17-9)13-18(15,16)6-4-3-5-14/h8,14H,3-7H2,1-2H3,(H,12,13). The number of aromatic nitrogens is 2. The summed E-state index contributed by atoms with van der Waals surface area (Å²) in [5, 5.41) is 17.5. The molecule has 8 heteroatoms. The highest BCUT2D eigenvalue weighted by Crippen LogP contribution is 2.19. The van der Waals surface area contributed by atoms with Crippen LogP contribution in [0.2, 0.25) is 0 Å². The van der Waals surface area contributed by atoms with Gasteiger partial charge in [0.25, 0.3) is 0 Å². The normalized spacial score (nSPS) is 12.0. The Morgan fingerprint density at radius 3 is 2.67 bits per heavy atom. The Bertz CT molecular complexity index is 457. The summed E-state index contributed by atoms with van der Waals surface area (Å²) in [6.45, 7) is 4.15. The summed E-state index contributed by atoms with van der Waals surface area (Å²) in [4.78, 5) is 0. The third kappa shape index (κ3) is 5.74. The van der Waals surface area contributed by atoms with Crippen LogP contribution in [0.3, 0.4) is 0 Å². The molecule has 2 N–H and O–H groups in total. The maximum absolute atomic E-state index is 11.7. The topological polar surface area (TPSA) is 92.2 Å². The zero-order chi connectivity index (χ0) is 13.6. The van der Waals surface area contributed by atoms with Gasteiger partial charge in [-0.3, -0.25) is 4.72 Å². The monoisotopic (exact) mass is 293 g/mol. The number of hydrogen-bond acceptors (Lipinski definition) is 6. The van der Waals surface area contributed by atoms with Gasteiger partial charge in [-0.2, -0.15) is 0 Å². The van der Waals surface area contributed by atoms with Crippen LogP contribution in [-0.4, -0.2) is 36.1 Å². The second-order valence-corrected chi connectivity index (χ2v) is 7.35. The van der Waals surface area contributed by atoms with Gasteiger partial charge in [-0.05, 0) is 18.8 Å². The van der Waals surface area contributed by atoms with Gasteiger partial charge in [0.05, 0.1) is 5.75 Å². The maximum atomic E-state index is 11.7. The van der Waals surface area contributed by atoms with E-state index in [-0.39, 0.29) is 12.4 Å². The van der Waals surface area contributed by atoms with Crippen LogP contribution in [0.4, 0.5) is 5.13 Å². The number of hydrogen-bond donors (Lipinski definition) is 2. The molecule has 0 saturated carbocycles. The predicted molar refractivity (Wildman–Crippen MR) is 72.2 cm³/mol. The van der Waals surface area contributed by atoms with Gasteiger partial charge in [0, 0.05) is 13.0 Å².